The van der Waals surface area contributed by atoms with Crippen molar-refractivity contribution in [1.82, 2.24) is 4.90 Å². The van der Waals surface area contributed by atoms with Crippen LogP contribution in [0.5, 0.6) is 17.2 Å². The number of fused-ring (bicyclic) bond motifs is 3. The number of esters is 1. The van der Waals surface area contributed by atoms with Crippen LogP contribution in [0.3, 0.4) is 0 Å². The molecule has 3 heterocycles. The summed E-state index contributed by atoms with van der Waals surface area (Å²) in [5, 5.41) is 21.3. The Morgan fingerprint density at radius 2 is 1.52 bits per heavy atom. The van der Waals surface area contributed by atoms with Gasteiger partial charge in [0.15, 0.2) is 23.7 Å². The molecule has 0 spiro atoms. The number of aliphatic hydroxyl groups excluding tert-OH is 2. The van der Waals surface area contributed by atoms with E-state index >= 15 is 0 Å². The third-order valence-electron chi connectivity index (χ3n) is 8.57. The van der Waals surface area contributed by atoms with Gasteiger partial charge in [-0.05, 0) is 46.3 Å². The maximum Gasteiger partial charge on any atom is 0.509 e. The van der Waals surface area contributed by atoms with Crippen molar-refractivity contribution in [3.63, 3.8) is 0 Å². The van der Waals surface area contributed by atoms with Crippen molar-refractivity contribution in [3.05, 3.63) is 77.9 Å². The highest BCUT2D eigenvalue weighted by Gasteiger charge is 2.50. The fourth-order valence-corrected chi connectivity index (χ4v) is 6.11. The molecule has 286 valence electrons. The fraction of sp³-hybridized carbons (Fsp3) is 0.351. The maximum absolute atomic E-state index is 13.6. The molecule has 17 heteroatoms. The number of cyclic esters (lactones) is 1. The van der Waals surface area contributed by atoms with Gasteiger partial charge in [-0.25, -0.2) is 19.2 Å². The summed E-state index contributed by atoms with van der Waals surface area (Å²) >= 11 is 0. The molecule has 2 N–H and O–H groups in total. The number of ether oxygens (including phenoxy) is 10. The van der Waals surface area contributed by atoms with Gasteiger partial charge >= 0.3 is 24.4 Å². The third-order valence-corrected chi connectivity index (χ3v) is 8.57. The molecule has 1 fully saturated rings. The fourth-order valence-electron chi connectivity index (χ4n) is 6.11. The van der Waals surface area contributed by atoms with Crippen molar-refractivity contribution < 1.29 is 76.8 Å². The Kier molecular flexibility index (Phi) is 11.4. The molecule has 0 aromatic heterocycles. The Bertz CT molecular complexity index is 1980. The zero-order chi connectivity index (χ0) is 38.5. The highest BCUT2D eigenvalue weighted by molar-refractivity contribution is 6.13. The van der Waals surface area contributed by atoms with E-state index in [1.165, 1.54) is 26.2 Å². The van der Waals surface area contributed by atoms with Gasteiger partial charge < -0.3 is 62.5 Å². The molecular formula is C37H37NO16. The van der Waals surface area contributed by atoms with Gasteiger partial charge in [0.05, 0.1) is 25.4 Å². The Labute approximate surface area is 308 Å². The van der Waals surface area contributed by atoms with E-state index in [0.717, 1.165) is 4.90 Å². The summed E-state index contributed by atoms with van der Waals surface area (Å²) in [6.45, 7) is 4.94. The number of aliphatic hydroxyl groups is 2. The van der Waals surface area contributed by atoms with Gasteiger partial charge in [-0.3, -0.25) is 0 Å². The summed E-state index contributed by atoms with van der Waals surface area (Å²) in [5.74, 6) is 0.289. The van der Waals surface area contributed by atoms with Crippen LogP contribution in [0, 0.1) is 0 Å². The number of benzene rings is 3. The molecule has 6 rings (SSSR count). The molecule has 0 bridgehead atoms. The topological polar surface area (TPSA) is 204 Å². The van der Waals surface area contributed by atoms with Crippen LogP contribution in [0.2, 0.25) is 0 Å². The van der Waals surface area contributed by atoms with E-state index in [1.807, 2.05) is 0 Å². The molecule has 4 atom stereocenters. The lowest BCUT2D eigenvalue weighted by atomic mass is 9.87. The molecule has 0 aliphatic carbocycles. The minimum Gasteiger partial charge on any atom is -0.460 e. The highest BCUT2D eigenvalue weighted by Crippen LogP contribution is 2.48. The normalized spacial score (nSPS) is 19.6. The maximum atomic E-state index is 13.6. The first-order chi connectivity index (χ1) is 26.1. The SMILES string of the molecule is C=CCOC(=O)O[C@@H]1COC(Oc2c3c(c(-c4ccc5c(c4)OCO5)c4cc(CO)c(CO)cc24)C(=O)OC3)[C@H](OC(=O)OCC=C)[C@H]1OC(=O)N(C)C. The van der Waals surface area contributed by atoms with Gasteiger partial charge in [0.25, 0.3) is 0 Å². The van der Waals surface area contributed by atoms with Gasteiger partial charge in [0.2, 0.25) is 19.2 Å². The monoisotopic (exact) mass is 751 g/mol. The summed E-state index contributed by atoms with van der Waals surface area (Å²) in [6.07, 6.45) is -6.93. The molecule has 17 nitrogen and oxygen atoms in total. The van der Waals surface area contributed by atoms with Gasteiger partial charge in [-0.2, -0.15) is 0 Å². The van der Waals surface area contributed by atoms with Crippen LogP contribution in [-0.2, 0) is 53.0 Å². The van der Waals surface area contributed by atoms with E-state index < -0.39 is 68.8 Å². The summed E-state index contributed by atoms with van der Waals surface area (Å²) in [6, 6.07) is 8.33. The molecule has 3 aliphatic rings. The van der Waals surface area contributed by atoms with Crippen molar-refractivity contribution in [1.29, 1.82) is 0 Å². The molecule has 0 saturated carbocycles. The molecule has 0 radical (unpaired) electrons. The Morgan fingerprint density at radius 3 is 2.19 bits per heavy atom. The predicted octanol–water partition coefficient (Wildman–Crippen LogP) is 4.11. The van der Waals surface area contributed by atoms with Crippen molar-refractivity contribution in [2.24, 2.45) is 0 Å². The van der Waals surface area contributed by atoms with Crippen LogP contribution >= 0.6 is 0 Å². The number of carbonyl (C=O) groups excluding carboxylic acids is 4. The number of hydrogen-bond donors (Lipinski definition) is 2. The summed E-state index contributed by atoms with van der Waals surface area (Å²) in [7, 11) is 2.82. The van der Waals surface area contributed by atoms with E-state index in [-0.39, 0.29) is 43.5 Å². The molecule has 54 heavy (non-hydrogen) atoms. The first-order valence-corrected chi connectivity index (χ1v) is 16.6. The van der Waals surface area contributed by atoms with Gasteiger partial charge in [0, 0.05) is 30.6 Å². The molecule has 1 amide bonds. The van der Waals surface area contributed by atoms with E-state index in [9.17, 15) is 29.4 Å². The highest BCUT2D eigenvalue weighted by atomic mass is 16.8. The van der Waals surface area contributed by atoms with E-state index in [4.69, 9.17) is 47.4 Å². The number of carbonyl (C=O) groups is 4. The van der Waals surface area contributed by atoms with Gasteiger partial charge in [-0.1, -0.05) is 31.4 Å². The molecule has 3 aromatic rings. The van der Waals surface area contributed by atoms with Crippen LogP contribution in [-0.4, -0.2) is 105 Å². The van der Waals surface area contributed by atoms with E-state index in [2.05, 4.69) is 13.2 Å². The minimum absolute atomic E-state index is 0.0134. The third kappa shape index (κ3) is 7.55. The molecular weight excluding hydrogens is 714 g/mol. The summed E-state index contributed by atoms with van der Waals surface area (Å²) < 4.78 is 55.9. The Morgan fingerprint density at radius 1 is 0.852 bits per heavy atom. The van der Waals surface area contributed by atoms with Crippen LogP contribution < -0.4 is 14.2 Å². The van der Waals surface area contributed by atoms with Crippen molar-refractivity contribution >= 4 is 35.1 Å². The lowest BCUT2D eigenvalue weighted by molar-refractivity contribution is -0.246. The lowest BCUT2D eigenvalue weighted by Crippen LogP contribution is -2.59. The van der Waals surface area contributed by atoms with Gasteiger partial charge in [-0.15, -0.1) is 0 Å². The number of hydrogen-bond acceptors (Lipinski definition) is 16. The zero-order valence-corrected chi connectivity index (χ0v) is 29.3. The second-order valence-electron chi connectivity index (χ2n) is 12.2. The zero-order valence-electron chi connectivity index (χ0n) is 29.3. The van der Waals surface area contributed by atoms with Crippen LogP contribution in [0.1, 0.15) is 27.0 Å². The molecule has 1 unspecified atom stereocenters. The summed E-state index contributed by atoms with van der Waals surface area (Å²) in [5.41, 5.74) is 2.06. The molecule has 1 saturated heterocycles. The minimum atomic E-state index is -1.68. The predicted molar refractivity (Wildman–Crippen MR) is 184 cm³/mol. The summed E-state index contributed by atoms with van der Waals surface area (Å²) in [4.78, 5) is 53.1. The quantitative estimate of drug-likeness (QED) is 0.152. The smallest absolute Gasteiger partial charge is 0.460 e. The Balaban J connectivity index is 1.50. The van der Waals surface area contributed by atoms with Crippen LogP contribution in [0.15, 0.2) is 55.6 Å². The molecule has 3 aliphatic heterocycles. The second-order valence-corrected chi connectivity index (χ2v) is 12.2. The second kappa shape index (κ2) is 16.3. The Hall–Kier alpha value is -6.04. The van der Waals surface area contributed by atoms with Crippen LogP contribution in [0.4, 0.5) is 14.4 Å². The lowest BCUT2D eigenvalue weighted by Gasteiger charge is -2.40. The number of amides is 1. The van der Waals surface area contributed by atoms with Crippen molar-refractivity contribution in [2.45, 2.75) is 44.4 Å². The standard InChI is InChI=1S/C37H37NO16/c1-5-9-45-36(43)51-27-17-48-34(32(54-37(44)46-10-6-2)31(27)53-35(42)38(3)4)52-30-23-12-21(15-40)20(14-39)11-22(23)28(29-24(30)16-47-33(29)41)19-7-8-25-26(13-19)50-18-49-25/h5-8,11-13,27,31-32,34,39-40H,1-2,9-10,14-18H2,3-4H3/t27-,31+,32-,34?/m1/s1. The van der Waals surface area contributed by atoms with E-state index in [1.54, 1.807) is 30.3 Å². The van der Waals surface area contributed by atoms with E-state index in [0.29, 0.717) is 44.5 Å². The number of nitrogens with zero attached hydrogens (tertiary/aromatic N) is 1. The van der Waals surface area contributed by atoms with Crippen molar-refractivity contribution in [3.8, 4) is 28.4 Å². The number of rotatable bonds is 12. The average Bonchev–Trinajstić information content (AvgIpc) is 3.80. The average molecular weight is 752 g/mol. The van der Waals surface area contributed by atoms with Crippen LogP contribution in [0.25, 0.3) is 21.9 Å². The first kappa shape index (κ1) is 37.7. The van der Waals surface area contributed by atoms with Gasteiger partial charge in [0.1, 0.15) is 25.6 Å². The largest absolute Gasteiger partial charge is 0.509 e. The first-order valence-electron chi connectivity index (χ1n) is 16.6. The molecule has 3 aromatic carbocycles. The van der Waals surface area contributed by atoms with Crippen molar-refractivity contribution in [2.75, 3.05) is 40.7 Å².